The molecule has 0 saturated carbocycles. The minimum Gasteiger partial charge on any atom is -0.462 e. The molecule has 6 nitrogen and oxygen atoms in total. The molecule has 0 heterocycles. The second kappa shape index (κ2) is 55.0. The summed E-state index contributed by atoms with van der Waals surface area (Å²) in [5, 5.41) is 0. The van der Waals surface area contributed by atoms with Crippen LogP contribution in [0.2, 0.25) is 0 Å². The molecule has 384 valence electrons. The fourth-order valence-corrected chi connectivity index (χ4v) is 8.32. The van der Waals surface area contributed by atoms with Crippen LogP contribution in [0.1, 0.15) is 297 Å². The van der Waals surface area contributed by atoms with Crippen LogP contribution in [0.3, 0.4) is 0 Å². The lowest BCUT2D eigenvalue weighted by atomic mass is 10.0. The molecule has 0 aliphatic carbocycles. The first-order valence-corrected chi connectivity index (χ1v) is 28.7. The van der Waals surface area contributed by atoms with Crippen LogP contribution in [0.5, 0.6) is 0 Å². The second-order valence-electron chi connectivity index (χ2n) is 19.2. The first-order chi connectivity index (χ1) is 32.5. The van der Waals surface area contributed by atoms with Gasteiger partial charge in [0.05, 0.1) is 0 Å². The molecular weight excluding hydrogens is 817 g/mol. The highest BCUT2D eigenvalue weighted by atomic mass is 16.6. The maximum atomic E-state index is 12.9. The first kappa shape index (κ1) is 63.4. The SMILES string of the molecule is CC\C=C/C=C\C=C/CCCCCCCCCC(=O)OCC(COC(=O)CCCCCCCCC/C=C\CCCCCCCC)OC(=O)CCCCCCCCCCCCCCCCCC. The number of carbonyl (C=O) groups is 3. The first-order valence-electron chi connectivity index (χ1n) is 28.7. The van der Waals surface area contributed by atoms with Gasteiger partial charge in [0.1, 0.15) is 13.2 Å². The van der Waals surface area contributed by atoms with Crippen LogP contribution >= 0.6 is 0 Å². The molecule has 0 radical (unpaired) electrons. The van der Waals surface area contributed by atoms with E-state index in [1.165, 1.54) is 186 Å². The molecule has 0 aliphatic heterocycles. The summed E-state index contributed by atoms with van der Waals surface area (Å²) >= 11 is 0. The van der Waals surface area contributed by atoms with E-state index in [4.69, 9.17) is 14.2 Å². The number of carbonyl (C=O) groups excluding carboxylic acids is 3. The van der Waals surface area contributed by atoms with Crippen molar-refractivity contribution < 1.29 is 28.6 Å². The van der Waals surface area contributed by atoms with Gasteiger partial charge in [0.25, 0.3) is 0 Å². The van der Waals surface area contributed by atoms with Crippen molar-refractivity contribution in [3.8, 4) is 0 Å². The molecule has 0 aromatic heterocycles. The summed E-state index contributed by atoms with van der Waals surface area (Å²) in [6, 6.07) is 0. The average molecular weight is 926 g/mol. The average Bonchev–Trinajstić information content (AvgIpc) is 3.31. The molecule has 0 bridgehead atoms. The van der Waals surface area contributed by atoms with E-state index in [-0.39, 0.29) is 31.1 Å². The van der Waals surface area contributed by atoms with Crippen LogP contribution in [0.25, 0.3) is 0 Å². The fraction of sp³-hybridized carbons (Fsp3) is 0.817. The Morgan fingerprint density at radius 1 is 0.318 bits per heavy atom. The summed E-state index contributed by atoms with van der Waals surface area (Å²) < 4.78 is 16.9. The van der Waals surface area contributed by atoms with E-state index < -0.39 is 6.10 Å². The Hall–Kier alpha value is -2.63. The molecule has 6 heteroatoms. The van der Waals surface area contributed by atoms with Gasteiger partial charge in [-0.2, -0.15) is 0 Å². The number of ether oxygens (including phenoxy) is 3. The van der Waals surface area contributed by atoms with E-state index in [0.717, 1.165) is 70.6 Å². The van der Waals surface area contributed by atoms with Crippen molar-refractivity contribution in [1.29, 1.82) is 0 Å². The molecule has 0 aliphatic rings. The van der Waals surface area contributed by atoms with Gasteiger partial charge in [0.15, 0.2) is 6.10 Å². The third-order valence-electron chi connectivity index (χ3n) is 12.6. The van der Waals surface area contributed by atoms with Crippen LogP contribution in [0.15, 0.2) is 48.6 Å². The zero-order valence-electron chi connectivity index (χ0n) is 44.0. The molecule has 0 spiro atoms. The van der Waals surface area contributed by atoms with E-state index in [2.05, 4.69) is 69.4 Å². The molecule has 1 atom stereocenters. The molecule has 0 aromatic rings. The van der Waals surface area contributed by atoms with Gasteiger partial charge >= 0.3 is 17.9 Å². The van der Waals surface area contributed by atoms with E-state index in [0.29, 0.717) is 19.3 Å². The van der Waals surface area contributed by atoms with Crippen molar-refractivity contribution in [2.45, 2.75) is 303 Å². The Balaban J connectivity index is 4.36. The minimum atomic E-state index is -0.777. The number of rotatable bonds is 52. The maximum absolute atomic E-state index is 12.9. The topological polar surface area (TPSA) is 78.9 Å². The van der Waals surface area contributed by atoms with E-state index in [1.54, 1.807) is 0 Å². The lowest BCUT2D eigenvalue weighted by Gasteiger charge is -2.18. The van der Waals surface area contributed by atoms with Crippen LogP contribution < -0.4 is 0 Å². The Labute approximate surface area is 409 Å². The van der Waals surface area contributed by atoms with Crippen molar-refractivity contribution in [1.82, 2.24) is 0 Å². The van der Waals surface area contributed by atoms with Gasteiger partial charge in [-0.05, 0) is 64.2 Å². The Kier molecular flexibility index (Phi) is 52.8. The molecule has 0 rings (SSSR count). The maximum Gasteiger partial charge on any atom is 0.306 e. The molecule has 1 unspecified atom stereocenters. The van der Waals surface area contributed by atoms with Gasteiger partial charge in [-0.15, -0.1) is 0 Å². The van der Waals surface area contributed by atoms with E-state index in [1.807, 2.05) is 0 Å². The summed E-state index contributed by atoms with van der Waals surface area (Å²) in [4.78, 5) is 38.1. The lowest BCUT2D eigenvalue weighted by molar-refractivity contribution is -0.167. The van der Waals surface area contributed by atoms with Gasteiger partial charge < -0.3 is 14.2 Å². The van der Waals surface area contributed by atoms with Gasteiger partial charge in [-0.3, -0.25) is 14.4 Å². The highest BCUT2D eigenvalue weighted by Crippen LogP contribution is 2.16. The Bertz CT molecular complexity index is 1150. The summed E-state index contributed by atoms with van der Waals surface area (Å²) in [5.41, 5.74) is 0. The Morgan fingerprint density at radius 2 is 0.606 bits per heavy atom. The summed E-state index contributed by atoms with van der Waals surface area (Å²) in [6.07, 6.45) is 66.7. The molecule has 0 fully saturated rings. The summed E-state index contributed by atoms with van der Waals surface area (Å²) in [6.45, 7) is 6.53. The quantitative estimate of drug-likeness (QED) is 0.0199. The third kappa shape index (κ3) is 52.3. The van der Waals surface area contributed by atoms with E-state index >= 15 is 0 Å². The molecule has 0 amide bonds. The van der Waals surface area contributed by atoms with Gasteiger partial charge in [-0.25, -0.2) is 0 Å². The summed E-state index contributed by atoms with van der Waals surface area (Å²) in [7, 11) is 0. The molecule has 66 heavy (non-hydrogen) atoms. The monoisotopic (exact) mass is 925 g/mol. The normalized spacial score (nSPS) is 12.3. The van der Waals surface area contributed by atoms with E-state index in [9.17, 15) is 14.4 Å². The highest BCUT2D eigenvalue weighted by molar-refractivity contribution is 5.71. The van der Waals surface area contributed by atoms with Gasteiger partial charge in [0, 0.05) is 19.3 Å². The van der Waals surface area contributed by atoms with Crippen LogP contribution in [-0.4, -0.2) is 37.2 Å². The summed E-state index contributed by atoms with van der Waals surface area (Å²) in [5.74, 6) is -0.877. The molecule has 0 saturated heterocycles. The van der Waals surface area contributed by atoms with Crippen LogP contribution in [0, 0.1) is 0 Å². The fourth-order valence-electron chi connectivity index (χ4n) is 8.32. The lowest BCUT2D eigenvalue weighted by Crippen LogP contribution is -2.30. The van der Waals surface area contributed by atoms with Crippen molar-refractivity contribution in [2.75, 3.05) is 13.2 Å². The third-order valence-corrected chi connectivity index (χ3v) is 12.6. The van der Waals surface area contributed by atoms with Crippen molar-refractivity contribution in [3.63, 3.8) is 0 Å². The number of unbranched alkanes of at least 4 members (excludes halogenated alkanes) is 35. The van der Waals surface area contributed by atoms with Gasteiger partial charge in [0.2, 0.25) is 0 Å². The number of hydrogen-bond donors (Lipinski definition) is 0. The smallest absolute Gasteiger partial charge is 0.306 e. The predicted octanol–water partition coefficient (Wildman–Crippen LogP) is 19.0. The van der Waals surface area contributed by atoms with Crippen molar-refractivity contribution >= 4 is 17.9 Å². The second-order valence-corrected chi connectivity index (χ2v) is 19.2. The molecule has 0 N–H and O–H groups in total. The predicted molar refractivity (Wildman–Crippen MR) is 284 cm³/mol. The minimum absolute atomic E-state index is 0.0764. The van der Waals surface area contributed by atoms with Crippen molar-refractivity contribution in [3.05, 3.63) is 48.6 Å². The van der Waals surface area contributed by atoms with Crippen LogP contribution in [-0.2, 0) is 28.6 Å². The zero-order chi connectivity index (χ0) is 47.9. The number of hydrogen-bond acceptors (Lipinski definition) is 6. The molecular formula is C60H108O6. The Morgan fingerprint density at radius 3 is 0.955 bits per heavy atom. The standard InChI is InChI=1S/C60H108O6/c1-4-7-10-13-16-19-22-25-28-30-33-35-38-41-44-47-50-53-59(62)65-56-57(55-64-58(61)52-49-46-43-40-37-34-31-27-24-21-18-15-12-9-6-3)66-60(63)54-51-48-45-42-39-36-32-29-26-23-20-17-14-11-8-5-2/h9,12,15,18,21,24-25,28,57H,4-8,10-11,13-14,16-17,19-20,22-23,26-27,29-56H2,1-3H3/b12-9-,18-15-,24-21-,28-25-. The number of allylic oxidation sites excluding steroid dienone is 8. The highest BCUT2D eigenvalue weighted by Gasteiger charge is 2.19. The van der Waals surface area contributed by atoms with Crippen LogP contribution in [0.4, 0.5) is 0 Å². The largest absolute Gasteiger partial charge is 0.462 e. The van der Waals surface area contributed by atoms with Gasteiger partial charge in [-0.1, -0.05) is 262 Å². The number of esters is 3. The zero-order valence-corrected chi connectivity index (χ0v) is 44.0. The molecule has 0 aromatic carbocycles. The van der Waals surface area contributed by atoms with Crippen molar-refractivity contribution in [2.24, 2.45) is 0 Å².